The fraction of sp³-hybridized carbons (Fsp3) is 0.375. The van der Waals surface area contributed by atoms with E-state index in [0.29, 0.717) is 35.8 Å². The number of thiazole rings is 1. The van der Waals surface area contributed by atoms with E-state index in [9.17, 15) is 9.59 Å². The van der Waals surface area contributed by atoms with E-state index in [4.69, 9.17) is 4.74 Å². The maximum atomic E-state index is 12.9. The number of hydrogen-bond acceptors (Lipinski definition) is 5. The van der Waals surface area contributed by atoms with E-state index >= 15 is 0 Å². The van der Waals surface area contributed by atoms with E-state index in [1.54, 1.807) is 0 Å². The van der Waals surface area contributed by atoms with Crippen molar-refractivity contribution in [3.8, 4) is 0 Å². The Morgan fingerprint density at radius 3 is 2.44 bits per heavy atom. The average molecular weight is 455 g/mol. The van der Waals surface area contributed by atoms with Crippen molar-refractivity contribution in [1.29, 1.82) is 0 Å². The molecule has 1 heterocycles. The predicted molar refractivity (Wildman–Crippen MR) is 131 cm³/mol. The molecular weight excluding hydrogens is 424 g/mol. The Balaban J connectivity index is 1.97. The second-order valence-corrected chi connectivity index (χ2v) is 8.24. The number of aromatic nitrogens is 1. The van der Waals surface area contributed by atoms with Gasteiger partial charge in [0.1, 0.15) is 0 Å². The van der Waals surface area contributed by atoms with Gasteiger partial charge in [0.15, 0.2) is 4.80 Å². The summed E-state index contributed by atoms with van der Waals surface area (Å²) in [5.74, 6) is -0.409. The standard InChI is InChI=1S/C24H30N4O3S/c1-5-27(6-2)20-11-8-18(9-12-20)23(30)26-24-28(14-15-31-7-3)21-13-10-19(25-17(4)29)16-22(21)32-24/h8-13,16H,5-7,14-15H2,1-4H3,(H,25,29). The van der Waals surface area contributed by atoms with Gasteiger partial charge in [-0.05, 0) is 63.2 Å². The van der Waals surface area contributed by atoms with E-state index in [-0.39, 0.29) is 11.8 Å². The van der Waals surface area contributed by atoms with Gasteiger partial charge in [-0.3, -0.25) is 9.59 Å². The molecule has 0 saturated carbocycles. The average Bonchev–Trinajstić information content (AvgIpc) is 3.11. The fourth-order valence-electron chi connectivity index (χ4n) is 3.51. The zero-order chi connectivity index (χ0) is 23.1. The molecule has 8 heteroatoms. The highest BCUT2D eigenvalue weighted by Crippen LogP contribution is 2.22. The Labute approximate surface area is 192 Å². The first-order valence-electron chi connectivity index (χ1n) is 10.9. The van der Waals surface area contributed by atoms with Crippen LogP contribution in [-0.4, -0.2) is 42.7 Å². The molecule has 3 rings (SSSR count). The topological polar surface area (TPSA) is 75.9 Å². The van der Waals surface area contributed by atoms with Crippen molar-refractivity contribution < 1.29 is 14.3 Å². The number of anilines is 2. The molecule has 0 atom stereocenters. The van der Waals surface area contributed by atoms with E-state index < -0.39 is 0 Å². The molecule has 0 fully saturated rings. The largest absolute Gasteiger partial charge is 0.380 e. The molecule has 0 aliphatic carbocycles. The summed E-state index contributed by atoms with van der Waals surface area (Å²) in [5.41, 5.74) is 3.31. The van der Waals surface area contributed by atoms with Crippen LogP contribution in [0.3, 0.4) is 0 Å². The molecule has 0 radical (unpaired) electrons. The second kappa shape index (κ2) is 11.1. The highest BCUT2D eigenvalue weighted by molar-refractivity contribution is 7.16. The van der Waals surface area contributed by atoms with Gasteiger partial charge >= 0.3 is 0 Å². The lowest BCUT2D eigenvalue weighted by atomic mass is 10.2. The van der Waals surface area contributed by atoms with Crippen LogP contribution in [0.5, 0.6) is 0 Å². The smallest absolute Gasteiger partial charge is 0.279 e. The van der Waals surface area contributed by atoms with Gasteiger partial charge in [0, 0.05) is 50.1 Å². The number of carbonyl (C=O) groups excluding carboxylic acids is 2. The normalized spacial score (nSPS) is 11.7. The number of carbonyl (C=O) groups is 2. The van der Waals surface area contributed by atoms with Gasteiger partial charge in [-0.2, -0.15) is 4.99 Å². The number of benzene rings is 2. The molecule has 0 aliphatic rings. The molecule has 32 heavy (non-hydrogen) atoms. The van der Waals surface area contributed by atoms with Crippen molar-refractivity contribution in [2.75, 3.05) is 36.5 Å². The fourth-order valence-corrected chi connectivity index (χ4v) is 4.60. The van der Waals surface area contributed by atoms with Crippen LogP contribution in [-0.2, 0) is 16.1 Å². The van der Waals surface area contributed by atoms with Gasteiger partial charge in [0.2, 0.25) is 5.91 Å². The Morgan fingerprint density at radius 1 is 1.09 bits per heavy atom. The van der Waals surface area contributed by atoms with Crippen LogP contribution in [0.4, 0.5) is 11.4 Å². The number of ether oxygens (including phenoxy) is 1. The van der Waals surface area contributed by atoms with Crippen LogP contribution in [0.1, 0.15) is 38.1 Å². The van der Waals surface area contributed by atoms with Crippen LogP contribution in [0.15, 0.2) is 47.5 Å². The van der Waals surface area contributed by atoms with Gasteiger partial charge in [0.25, 0.3) is 5.91 Å². The molecule has 1 aromatic heterocycles. The van der Waals surface area contributed by atoms with Gasteiger partial charge in [-0.15, -0.1) is 0 Å². The van der Waals surface area contributed by atoms with E-state index in [0.717, 1.165) is 29.0 Å². The zero-order valence-electron chi connectivity index (χ0n) is 19.1. The van der Waals surface area contributed by atoms with Crippen LogP contribution in [0, 0.1) is 0 Å². The van der Waals surface area contributed by atoms with E-state index in [1.165, 1.54) is 18.3 Å². The number of fused-ring (bicyclic) bond motifs is 1. The maximum absolute atomic E-state index is 12.9. The molecule has 0 bridgehead atoms. The summed E-state index contributed by atoms with van der Waals surface area (Å²) < 4.78 is 8.47. The first kappa shape index (κ1) is 23.7. The van der Waals surface area contributed by atoms with Crippen molar-refractivity contribution in [1.82, 2.24) is 4.57 Å². The summed E-state index contributed by atoms with van der Waals surface area (Å²) in [7, 11) is 0. The minimum absolute atomic E-state index is 0.127. The number of nitrogens with one attached hydrogen (secondary N) is 1. The first-order chi connectivity index (χ1) is 15.5. The number of nitrogens with zero attached hydrogens (tertiary/aromatic N) is 3. The Morgan fingerprint density at radius 2 is 1.81 bits per heavy atom. The lowest BCUT2D eigenvalue weighted by Gasteiger charge is -2.20. The summed E-state index contributed by atoms with van der Waals surface area (Å²) in [5, 5.41) is 2.80. The summed E-state index contributed by atoms with van der Waals surface area (Å²) in [4.78, 5) is 31.6. The van der Waals surface area contributed by atoms with Crippen molar-refractivity contribution in [3.63, 3.8) is 0 Å². The quantitative estimate of drug-likeness (QED) is 0.490. The predicted octanol–water partition coefficient (Wildman–Crippen LogP) is 4.29. The molecule has 0 saturated heterocycles. The molecule has 1 N–H and O–H groups in total. The number of hydrogen-bond donors (Lipinski definition) is 1. The summed E-state index contributed by atoms with van der Waals surface area (Å²) in [6, 6.07) is 13.3. The maximum Gasteiger partial charge on any atom is 0.279 e. The summed E-state index contributed by atoms with van der Waals surface area (Å²) in [6.07, 6.45) is 0. The monoisotopic (exact) mass is 454 g/mol. The SMILES string of the molecule is CCOCCn1c(=NC(=O)c2ccc(N(CC)CC)cc2)sc2cc(NC(C)=O)ccc21. The van der Waals surface area contributed by atoms with Crippen LogP contribution >= 0.6 is 11.3 Å². The van der Waals surface area contributed by atoms with E-state index in [1.807, 2.05) is 54.0 Å². The third-order valence-electron chi connectivity index (χ3n) is 5.11. The highest BCUT2D eigenvalue weighted by Gasteiger charge is 2.11. The van der Waals surface area contributed by atoms with Crippen molar-refractivity contribution >= 4 is 44.7 Å². The van der Waals surface area contributed by atoms with Crippen molar-refractivity contribution in [2.45, 2.75) is 34.2 Å². The Kier molecular flexibility index (Phi) is 8.19. The van der Waals surface area contributed by atoms with Gasteiger partial charge in [0.05, 0.1) is 16.8 Å². The van der Waals surface area contributed by atoms with Crippen LogP contribution in [0.2, 0.25) is 0 Å². The molecular formula is C24H30N4O3S. The molecule has 7 nitrogen and oxygen atoms in total. The molecule has 3 aromatic rings. The molecule has 2 amide bonds. The zero-order valence-corrected chi connectivity index (χ0v) is 19.9. The molecule has 170 valence electrons. The van der Waals surface area contributed by atoms with Gasteiger partial charge in [-0.25, -0.2) is 0 Å². The second-order valence-electron chi connectivity index (χ2n) is 7.23. The van der Waals surface area contributed by atoms with Crippen molar-refractivity contribution in [3.05, 3.63) is 52.8 Å². The lowest BCUT2D eigenvalue weighted by Crippen LogP contribution is -2.21. The first-order valence-corrected chi connectivity index (χ1v) is 11.7. The summed E-state index contributed by atoms with van der Waals surface area (Å²) >= 11 is 1.42. The van der Waals surface area contributed by atoms with E-state index in [2.05, 4.69) is 29.1 Å². The molecule has 2 aromatic carbocycles. The Bertz CT molecular complexity index is 1140. The molecule has 0 spiro atoms. The third kappa shape index (κ3) is 5.63. The van der Waals surface area contributed by atoms with Crippen LogP contribution < -0.4 is 15.0 Å². The number of rotatable bonds is 9. The van der Waals surface area contributed by atoms with Gasteiger partial charge < -0.3 is 19.5 Å². The van der Waals surface area contributed by atoms with Crippen LogP contribution in [0.25, 0.3) is 10.2 Å². The van der Waals surface area contributed by atoms with Gasteiger partial charge in [-0.1, -0.05) is 11.3 Å². The molecule has 0 aliphatic heterocycles. The Hall–Kier alpha value is -2.97. The minimum Gasteiger partial charge on any atom is -0.380 e. The molecule has 0 unspecified atom stereocenters. The number of amides is 2. The highest BCUT2D eigenvalue weighted by atomic mass is 32.1. The third-order valence-corrected chi connectivity index (χ3v) is 6.15. The summed E-state index contributed by atoms with van der Waals surface area (Å²) in [6.45, 7) is 11.2. The lowest BCUT2D eigenvalue weighted by molar-refractivity contribution is -0.114. The minimum atomic E-state index is -0.283. The van der Waals surface area contributed by atoms with Crippen molar-refractivity contribution in [2.24, 2.45) is 4.99 Å².